The lowest BCUT2D eigenvalue weighted by atomic mass is 9.80. The molecule has 0 aliphatic carbocycles. The molecule has 35 heavy (non-hydrogen) atoms. The zero-order valence-electron chi connectivity index (χ0n) is 19.5. The van der Waals surface area contributed by atoms with Crippen LogP contribution in [0.15, 0.2) is 76.1 Å². The number of carboxylic acids is 1. The highest BCUT2D eigenvalue weighted by atomic mass is 16.6. The van der Waals surface area contributed by atoms with Crippen LogP contribution >= 0.6 is 0 Å². The number of benzene rings is 2. The zero-order valence-corrected chi connectivity index (χ0v) is 19.5. The van der Waals surface area contributed by atoms with Gasteiger partial charge >= 0.3 is 5.97 Å². The number of dihydropyridines is 1. The molecule has 10 heteroatoms. The average Bonchev–Trinajstić information content (AvgIpc) is 3.32. The van der Waals surface area contributed by atoms with Crippen molar-refractivity contribution in [3.8, 4) is 0 Å². The molecule has 2 unspecified atom stereocenters. The fraction of sp³-hybridized carbons (Fsp3) is 0.240. The van der Waals surface area contributed by atoms with Gasteiger partial charge in [0, 0.05) is 29.1 Å². The number of nitrogens with zero attached hydrogens (tertiary/aromatic N) is 3. The summed E-state index contributed by atoms with van der Waals surface area (Å²) in [5.74, 6) is -1.41. The zero-order chi connectivity index (χ0) is 25.1. The predicted molar refractivity (Wildman–Crippen MR) is 128 cm³/mol. The first-order valence-electron chi connectivity index (χ1n) is 11.0. The fourth-order valence-electron chi connectivity index (χ4n) is 4.37. The second kappa shape index (κ2) is 9.90. The number of nitro benzene ring substituents is 1. The molecule has 0 radical (unpaired) electrons. The fourth-order valence-corrected chi connectivity index (χ4v) is 4.37. The predicted octanol–water partition coefficient (Wildman–Crippen LogP) is 3.96. The van der Waals surface area contributed by atoms with Gasteiger partial charge in [-0.1, -0.05) is 47.6 Å². The van der Waals surface area contributed by atoms with E-state index in [9.17, 15) is 20.0 Å². The van der Waals surface area contributed by atoms with Gasteiger partial charge in [-0.3, -0.25) is 10.1 Å². The maximum absolute atomic E-state index is 12.3. The number of nitrogens with one attached hydrogen (secondary N) is 2. The largest absolute Gasteiger partial charge is 0.478 e. The van der Waals surface area contributed by atoms with Crippen LogP contribution in [0, 0.1) is 10.1 Å². The highest BCUT2D eigenvalue weighted by Crippen LogP contribution is 2.43. The molecule has 1 aliphatic heterocycles. The van der Waals surface area contributed by atoms with Gasteiger partial charge in [-0.2, -0.15) is 4.98 Å². The number of non-ortho nitro benzene ring substituents is 1. The van der Waals surface area contributed by atoms with Crippen molar-refractivity contribution in [1.29, 1.82) is 0 Å². The summed E-state index contributed by atoms with van der Waals surface area (Å²) in [6, 6.07) is 15.6. The Hall–Kier alpha value is -4.31. The number of aliphatic carboxylic acids is 1. The Balaban J connectivity index is 1.78. The summed E-state index contributed by atoms with van der Waals surface area (Å²) >= 11 is 0. The minimum Gasteiger partial charge on any atom is -0.478 e. The smallest absolute Gasteiger partial charge is 0.334 e. The molecule has 10 nitrogen and oxygen atoms in total. The molecule has 1 aromatic heterocycles. The van der Waals surface area contributed by atoms with Gasteiger partial charge < -0.3 is 20.3 Å². The number of rotatable bonds is 8. The summed E-state index contributed by atoms with van der Waals surface area (Å²) in [6.45, 7) is 3.44. The van der Waals surface area contributed by atoms with Crippen molar-refractivity contribution in [2.75, 3.05) is 7.05 Å². The summed E-state index contributed by atoms with van der Waals surface area (Å²) in [4.78, 5) is 27.8. The molecule has 3 N–H and O–H groups in total. The molecule has 180 valence electrons. The van der Waals surface area contributed by atoms with Crippen LogP contribution in [0.4, 0.5) is 5.69 Å². The van der Waals surface area contributed by atoms with Gasteiger partial charge in [0.15, 0.2) is 5.82 Å². The van der Waals surface area contributed by atoms with Gasteiger partial charge in [0.1, 0.15) is 0 Å². The standard InChI is InChI=1S/C25H25N5O5/c1-14-20(24-28-23(29-35-24)19(26-3)12-16-8-5-4-6-9-16)22(21(25(31)32)15(2)27-14)17-10-7-11-18(13-17)30(33)34/h4-11,13,19,22,26-27H,12H2,1-3H3,(H,31,32). The van der Waals surface area contributed by atoms with Crippen LogP contribution < -0.4 is 10.6 Å². The van der Waals surface area contributed by atoms with E-state index in [-0.39, 0.29) is 23.2 Å². The van der Waals surface area contributed by atoms with Crippen LogP contribution in [0.2, 0.25) is 0 Å². The number of likely N-dealkylation sites (N-methyl/N-ethyl adjacent to an activating group) is 1. The molecule has 0 bridgehead atoms. The van der Waals surface area contributed by atoms with E-state index in [1.807, 2.05) is 30.3 Å². The molecule has 4 rings (SSSR count). The Bertz CT molecular complexity index is 1330. The second-order valence-electron chi connectivity index (χ2n) is 8.28. The quantitative estimate of drug-likeness (QED) is 0.326. The van der Waals surface area contributed by atoms with Crippen LogP contribution in [0.25, 0.3) is 5.57 Å². The molecule has 1 aliphatic rings. The van der Waals surface area contributed by atoms with Crippen LogP contribution in [-0.2, 0) is 11.2 Å². The van der Waals surface area contributed by atoms with E-state index in [1.165, 1.54) is 18.2 Å². The van der Waals surface area contributed by atoms with Crippen molar-refractivity contribution in [3.63, 3.8) is 0 Å². The molecule has 0 amide bonds. The molecule has 2 aromatic carbocycles. The molecule has 0 saturated heterocycles. The lowest BCUT2D eigenvalue weighted by molar-refractivity contribution is -0.384. The Morgan fingerprint density at radius 2 is 1.94 bits per heavy atom. The monoisotopic (exact) mass is 475 g/mol. The van der Waals surface area contributed by atoms with Crippen LogP contribution in [0.5, 0.6) is 0 Å². The minimum absolute atomic E-state index is 0.0558. The van der Waals surface area contributed by atoms with E-state index < -0.39 is 16.8 Å². The highest BCUT2D eigenvalue weighted by Gasteiger charge is 2.37. The molecule has 2 atom stereocenters. The van der Waals surface area contributed by atoms with Crippen LogP contribution in [0.1, 0.15) is 48.6 Å². The summed E-state index contributed by atoms with van der Waals surface area (Å²) < 4.78 is 5.64. The van der Waals surface area contributed by atoms with Crippen molar-refractivity contribution in [2.24, 2.45) is 0 Å². The van der Waals surface area contributed by atoms with Gasteiger partial charge in [-0.25, -0.2) is 4.79 Å². The number of carboxylic acid groups (broad SMARTS) is 1. The normalized spacial score (nSPS) is 16.7. The van der Waals surface area contributed by atoms with Gasteiger partial charge in [0.05, 0.1) is 22.5 Å². The van der Waals surface area contributed by atoms with Gasteiger partial charge in [-0.05, 0) is 38.4 Å². The Labute approximate surface area is 201 Å². The van der Waals surface area contributed by atoms with Crippen LogP contribution in [-0.4, -0.2) is 33.2 Å². The number of allylic oxidation sites excluding steroid dienone is 3. The van der Waals surface area contributed by atoms with E-state index in [4.69, 9.17) is 4.52 Å². The number of nitro groups is 1. The minimum atomic E-state index is -1.14. The van der Waals surface area contributed by atoms with Crippen LogP contribution in [0.3, 0.4) is 0 Å². The van der Waals surface area contributed by atoms with Crippen molar-refractivity contribution >= 4 is 17.2 Å². The number of aromatic nitrogens is 2. The van der Waals surface area contributed by atoms with Crippen molar-refractivity contribution < 1.29 is 19.3 Å². The topological polar surface area (TPSA) is 143 Å². The third-order valence-electron chi connectivity index (χ3n) is 6.02. The van der Waals surface area contributed by atoms with Gasteiger partial charge in [-0.15, -0.1) is 0 Å². The van der Waals surface area contributed by atoms with E-state index in [0.717, 1.165) is 5.56 Å². The summed E-state index contributed by atoms with van der Waals surface area (Å²) in [6.07, 6.45) is 0.625. The molecule has 0 fully saturated rings. The summed E-state index contributed by atoms with van der Waals surface area (Å²) in [7, 11) is 1.80. The first kappa shape index (κ1) is 23.8. The third kappa shape index (κ3) is 4.82. The van der Waals surface area contributed by atoms with E-state index >= 15 is 0 Å². The highest BCUT2D eigenvalue weighted by molar-refractivity contribution is 5.95. The summed E-state index contributed by atoms with van der Waals surface area (Å²) in [5, 5.41) is 31.9. The Morgan fingerprint density at radius 1 is 1.20 bits per heavy atom. The average molecular weight is 476 g/mol. The molecule has 3 aromatic rings. The number of hydrogen-bond acceptors (Lipinski definition) is 8. The molecule has 0 spiro atoms. The van der Waals surface area contributed by atoms with E-state index in [2.05, 4.69) is 20.8 Å². The van der Waals surface area contributed by atoms with Gasteiger partial charge in [0.2, 0.25) is 0 Å². The third-order valence-corrected chi connectivity index (χ3v) is 6.02. The number of carbonyl (C=O) groups is 1. The Kier molecular flexibility index (Phi) is 6.74. The van der Waals surface area contributed by atoms with E-state index in [1.54, 1.807) is 27.0 Å². The maximum atomic E-state index is 12.3. The first-order valence-corrected chi connectivity index (χ1v) is 11.0. The molecular formula is C25H25N5O5. The molecular weight excluding hydrogens is 450 g/mol. The summed E-state index contributed by atoms with van der Waals surface area (Å²) in [5.41, 5.74) is 2.98. The maximum Gasteiger partial charge on any atom is 0.334 e. The lowest BCUT2D eigenvalue weighted by Gasteiger charge is -2.29. The van der Waals surface area contributed by atoms with Crippen molar-refractivity contribution in [1.82, 2.24) is 20.8 Å². The number of hydrogen-bond donors (Lipinski definition) is 3. The SMILES string of the molecule is CNC(Cc1ccccc1)c1noc(C2=C(C)NC(C)=C(C(=O)O)C2c2cccc([N+](=O)[O-])c2)n1. The Morgan fingerprint density at radius 3 is 2.60 bits per heavy atom. The van der Waals surface area contributed by atoms with Gasteiger partial charge in [0.25, 0.3) is 11.6 Å². The lowest BCUT2D eigenvalue weighted by Crippen LogP contribution is -2.27. The van der Waals surface area contributed by atoms with Crippen molar-refractivity contribution in [3.05, 3.63) is 105 Å². The molecule has 0 saturated carbocycles. The molecule has 2 heterocycles. The first-order chi connectivity index (χ1) is 16.8. The second-order valence-corrected chi connectivity index (χ2v) is 8.28. The van der Waals surface area contributed by atoms with E-state index in [0.29, 0.717) is 34.8 Å². The van der Waals surface area contributed by atoms with Crippen molar-refractivity contribution in [2.45, 2.75) is 32.2 Å².